The van der Waals surface area contributed by atoms with Gasteiger partial charge < -0.3 is 10.4 Å². The molecule has 2 N–H and O–H groups in total. The van der Waals surface area contributed by atoms with Gasteiger partial charge in [-0.25, -0.2) is 0 Å². The maximum absolute atomic E-state index is 10.1. The minimum absolute atomic E-state index is 0.109. The van der Waals surface area contributed by atoms with Crippen LogP contribution in [0.2, 0.25) is 0 Å². The summed E-state index contributed by atoms with van der Waals surface area (Å²) in [5.41, 5.74) is 1.68. The van der Waals surface area contributed by atoms with Crippen LogP contribution < -0.4 is 5.32 Å². The van der Waals surface area contributed by atoms with Crippen molar-refractivity contribution in [3.05, 3.63) is 65.2 Å². The van der Waals surface area contributed by atoms with Crippen LogP contribution in [0.1, 0.15) is 5.56 Å². The smallest absolute Gasteiger partial charge is 0.217 e. The molecule has 0 aliphatic carbocycles. The van der Waals surface area contributed by atoms with Crippen LogP contribution in [0.25, 0.3) is 5.70 Å². The first-order chi connectivity index (χ1) is 8.25. The monoisotopic (exact) mass is 246 g/mol. The molecule has 1 unspecified atom stereocenters. The second-order valence-electron chi connectivity index (χ2n) is 3.93. The van der Waals surface area contributed by atoms with Crippen LogP contribution in [-0.4, -0.2) is 16.2 Å². The van der Waals surface area contributed by atoms with Crippen LogP contribution >= 0.6 is 11.6 Å². The van der Waals surface area contributed by atoms with Crippen LogP contribution in [0.15, 0.2) is 59.6 Å². The van der Waals surface area contributed by atoms with Crippen LogP contribution in [0.5, 0.6) is 0 Å². The molecule has 1 aromatic carbocycles. The van der Waals surface area contributed by atoms with E-state index in [1.807, 2.05) is 36.4 Å². The van der Waals surface area contributed by atoms with Crippen LogP contribution in [-0.2, 0) is 0 Å². The molecule has 0 saturated heterocycles. The Balaban J connectivity index is 1.99. The molecule has 2 aliphatic heterocycles. The Labute approximate surface area is 104 Å². The largest absolute Gasteiger partial charge is 0.493 e. The molecular formula is C13H11ClN2O. The Kier molecular flexibility index (Phi) is 2.34. The van der Waals surface area contributed by atoms with Gasteiger partial charge in [0.1, 0.15) is 11.9 Å². The lowest BCUT2D eigenvalue weighted by Gasteiger charge is -2.22. The Morgan fingerprint density at radius 3 is 2.76 bits per heavy atom. The summed E-state index contributed by atoms with van der Waals surface area (Å²) in [5, 5.41) is 14.0. The summed E-state index contributed by atoms with van der Waals surface area (Å²) in [6.45, 7) is 0. The topological polar surface area (TPSA) is 35.5 Å². The number of nitrogens with one attached hydrogen (secondary N) is 1. The lowest BCUT2D eigenvalue weighted by atomic mass is 10.2. The van der Waals surface area contributed by atoms with E-state index in [2.05, 4.69) is 5.32 Å². The van der Waals surface area contributed by atoms with E-state index in [9.17, 15) is 5.11 Å². The van der Waals surface area contributed by atoms with Gasteiger partial charge in [-0.1, -0.05) is 41.9 Å². The number of rotatable bonds is 1. The SMILES string of the molecule is OC1=C(c2ccccc2)NC2C=C(Cl)C=CN12. The highest BCUT2D eigenvalue weighted by molar-refractivity contribution is 6.31. The quantitative estimate of drug-likeness (QED) is 0.800. The first-order valence-corrected chi connectivity index (χ1v) is 5.72. The molecule has 0 radical (unpaired) electrons. The molecular weight excluding hydrogens is 236 g/mol. The first-order valence-electron chi connectivity index (χ1n) is 5.35. The van der Waals surface area contributed by atoms with Gasteiger partial charge >= 0.3 is 0 Å². The molecule has 0 amide bonds. The predicted molar refractivity (Wildman–Crippen MR) is 67.8 cm³/mol. The number of hydrogen-bond acceptors (Lipinski definition) is 3. The molecule has 1 aromatic rings. The van der Waals surface area contributed by atoms with Gasteiger partial charge in [0.25, 0.3) is 0 Å². The van der Waals surface area contributed by atoms with Crippen molar-refractivity contribution in [1.82, 2.24) is 10.2 Å². The van der Waals surface area contributed by atoms with Gasteiger partial charge in [0.2, 0.25) is 5.88 Å². The second-order valence-corrected chi connectivity index (χ2v) is 4.36. The van der Waals surface area contributed by atoms with Gasteiger partial charge in [0, 0.05) is 16.8 Å². The molecule has 2 heterocycles. The van der Waals surface area contributed by atoms with E-state index in [1.165, 1.54) is 0 Å². The Morgan fingerprint density at radius 1 is 1.24 bits per heavy atom. The molecule has 17 heavy (non-hydrogen) atoms. The Morgan fingerprint density at radius 2 is 2.00 bits per heavy atom. The molecule has 0 spiro atoms. The number of benzene rings is 1. The van der Waals surface area contributed by atoms with Crippen LogP contribution in [0.4, 0.5) is 0 Å². The summed E-state index contributed by atoms with van der Waals surface area (Å²) in [4.78, 5) is 1.74. The lowest BCUT2D eigenvalue weighted by molar-refractivity contribution is 0.246. The average Bonchev–Trinajstić information content (AvgIpc) is 2.67. The summed E-state index contributed by atoms with van der Waals surface area (Å²) < 4.78 is 0. The van der Waals surface area contributed by atoms with Gasteiger partial charge in [-0.3, -0.25) is 4.90 Å². The number of hydrogen-bond donors (Lipinski definition) is 2. The average molecular weight is 247 g/mol. The van der Waals surface area contributed by atoms with Gasteiger partial charge in [0.15, 0.2) is 0 Å². The minimum atomic E-state index is -0.109. The summed E-state index contributed by atoms with van der Waals surface area (Å²) in [6, 6.07) is 9.72. The van der Waals surface area contributed by atoms with E-state index in [0.717, 1.165) is 11.3 Å². The third-order valence-electron chi connectivity index (χ3n) is 2.83. The summed E-state index contributed by atoms with van der Waals surface area (Å²) in [5.74, 6) is 0.220. The zero-order chi connectivity index (χ0) is 11.8. The van der Waals surface area contributed by atoms with E-state index < -0.39 is 0 Å². The third kappa shape index (κ3) is 1.68. The van der Waals surface area contributed by atoms with Gasteiger partial charge in [-0.2, -0.15) is 0 Å². The highest BCUT2D eigenvalue weighted by atomic mass is 35.5. The molecule has 3 nitrogen and oxygen atoms in total. The highest BCUT2D eigenvalue weighted by Gasteiger charge is 2.30. The number of aliphatic hydroxyl groups is 1. The Bertz CT molecular complexity index is 534. The minimum Gasteiger partial charge on any atom is -0.493 e. The summed E-state index contributed by atoms with van der Waals surface area (Å²) >= 11 is 5.93. The molecule has 3 rings (SSSR count). The zero-order valence-corrected chi connectivity index (χ0v) is 9.72. The number of allylic oxidation sites excluding steroid dienone is 2. The maximum atomic E-state index is 10.1. The molecule has 0 fully saturated rings. The predicted octanol–water partition coefficient (Wildman–Crippen LogP) is 2.75. The van der Waals surface area contributed by atoms with Gasteiger partial charge in [0.05, 0.1) is 0 Å². The molecule has 4 heteroatoms. The second kappa shape index (κ2) is 3.86. The lowest BCUT2D eigenvalue weighted by Crippen LogP contribution is -2.33. The summed E-state index contributed by atoms with van der Waals surface area (Å²) in [6.07, 6.45) is 5.27. The fraction of sp³-hybridized carbons (Fsp3) is 0.0769. The van der Waals surface area contributed by atoms with Crippen molar-refractivity contribution < 1.29 is 5.11 Å². The molecule has 1 atom stereocenters. The number of nitrogens with zero attached hydrogens (tertiary/aromatic N) is 1. The fourth-order valence-corrected chi connectivity index (χ4v) is 2.18. The maximum Gasteiger partial charge on any atom is 0.217 e. The van der Waals surface area contributed by atoms with Crippen molar-refractivity contribution in [2.75, 3.05) is 0 Å². The standard InChI is InChI=1S/C13H11ClN2O/c14-10-6-7-16-11(8-10)15-12(13(16)17)9-4-2-1-3-5-9/h1-8,11,15,17H. The first kappa shape index (κ1) is 10.3. The van der Waals surface area contributed by atoms with Crippen molar-refractivity contribution in [2.24, 2.45) is 0 Å². The Hall–Kier alpha value is -1.87. The fourth-order valence-electron chi connectivity index (χ4n) is 2.00. The van der Waals surface area contributed by atoms with E-state index in [-0.39, 0.29) is 12.0 Å². The molecule has 0 aromatic heterocycles. The molecule has 0 saturated carbocycles. The van der Waals surface area contributed by atoms with Crippen LogP contribution in [0, 0.1) is 0 Å². The normalized spacial score (nSPS) is 22.3. The van der Waals surface area contributed by atoms with Gasteiger partial charge in [-0.05, 0) is 12.2 Å². The van der Waals surface area contributed by atoms with Crippen molar-refractivity contribution in [1.29, 1.82) is 0 Å². The summed E-state index contributed by atoms with van der Waals surface area (Å²) in [7, 11) is 0. The zero-order valence-electron chi connectivity index (χ0n) is 8.97. The third-order valence-corrected chi connectivity index (χ3v) is 3.09. The van der Waals surface area contributed by atoms with E-state index in [0.29, 0.717) is 5.03 Å². The van der Waals surface area contributed by atoms with Crippen molar-refractivity contribution in [3.63, 3.8) is 0 Å². The number of aliphatic hydroxyl groups excluding tert-OH is 1. The van der Waals surface area contributed by atoms with E-state index >= 15 is 0 Å². The van der Waals surface area contributed by atoms with E-state index in [4.69, 9.17) is 11.6 Å². The number of halogens is 1. The number of fused-ring (bicyclic) bond motifs is 1. The molecule has 0 bridgehead atoms. The van der Waals surface area contributed by atoms with Crippen molar-refractivity contribution in [3.8, 4) is 0 Å². The van der Waals surface area contributed by atoms with Crippen molar-refractivity contribution >= 4 is 17.3 Å². The van der Waals surface area contributed by atoms with Crippen molar-refractivity contribution in [2.45, 2.75) is 6.17 Å². The van der Waals surface area contributed by atoms with E-state index in [1.54, 1.807) is 17.2 Å². The van der Waals surface area contributed by atoms with Crippen LogP contribution in [0.3, 0.4) is 0 Å². The van der Waals surface area contributed by atoms with Gasteiger partial charge in [-0.15, -0.1) is 0 Å². The highest BCUT2D eigenvalue weighted by Crippen LogP contribution is 2.29. The molecule has 86 valence electrons. The molecule has 2 aliphatic rings.